The van der Waals surface area contributed by atoms with Gasteiger partial charge in [-0.1, -0.05) is 42.5 Å². The Morgan fingerprint density at radius 2 is 1.76 bits per heavy atom. The number of pyridine rings is 1. The van der Waals surface area contributed by atoms with E-state index in [0.29, 0.717) is 0 Å². The fourth-order valence-electron chi connectivity index (χ4n) is 5.15. The van der Waals surface area contributed by atoms with Crippen LogP contribution in [0.2, 0.25) is 0 Å². The quantitative estimate of drug-likeness (QED) is 0.394. The lowest BCUT2D eigenvalue weighted by molar-refractivity contribution is 0.277. The normalized spacial score (nSPS) is 18.1. The van der Waals surface area contributed by atoms with Crippen LogP contribution in [0, 0.1) is 13.8 Å². The minimum Gasteiger partial charge on any atom is -0.352 e. The number of benzene rings is 2. The van der Waals surface area contributed by atoms with Crippen molar-refractivity contribution in [3.63, 3.8) is 0 Å². The van der Waals surface area contributed by atoms with Gasteiger partial charge in [-0.05, 0) is 75.4 Å². The molecule has 0 spiro atoms. The predicted molar refractivity (Wildman–Crippen MR) is 143 cm³/mol. The average Bonchev–Trinajstić information content (AvgIpc) is 3.32. The monoisotopic (exact) mass is 469 g/mol. The summed E-state index contributed by atoms with van der Waals surface area (Å²) in [7, 11) is 4.20. The summed E-state index contributed by atoms with van der Waals surface area (Å²) in [5.41, 5.74) is 5.96. The van der Waals surface area contributed by atoms with Crippen molar-refractivity contribution in [1.29, 1.82) is 0 Å². The number of fused-ring (bicyclic) bond motifs is 1. The summed E-state index contributed by atoms with van der Waals surface area (Å²) in [6, 6.07) is 23.6. The summed E-state index contributed by atoms with van der Waals surface area (Å²) >= 11 is 5.85. The van der Waals surface area contributed by atoms with Crippen molar-refractivity contribution >= 4 is 28.1 Å². The molecule has 174 valence electrons. The summed E-state index contributed by atoms with van der Waals surface area (Å²) in [6.07, 6.45) is 1.86. The molecule has 0 amide bonds. The zero-order valence-corrected chi connectivity index (χ0v) is 21.0. The molecule has 4 aromatic rings. The second-order valence-corrected chi connectivity index (χ2v) is 9.67. The number of rotatable bonds is 6. The molecule has 0 unspecified atom stereocenters. The third kappa shape index (κ3) is 3.97. The first kappa shape index (κ1) is 22.6. The zero-order valence-electron chi connectivity index (χ0n) is 20.2. The molecule has 2 atom stereocenters. The van der Waals surface area contributed by atoms with Crippen LogP contribution >= 0.6 is 12.2 Å². The lowest BCUT2D eigenvalue weighted by Crippen LogP contribution is -2.35. The van der Waals surface area contributed by atoms with E-state index in [1.54, 1.807) is 0 Å². The van der Waals surface area contributed by atoms with Crippen LogP contribution in [-0.2, 0) is 0 Å². The molecule has 34 heavy (non-hydrogen) atoms. The first-order valence-corrected chi connectivity index (χ1v) is 12.2. The fourth-order valence-corrected chi connectivity index (χ4v) is 5.49. The van der Waals surface area contributed by atoms with Gasteiger partial charge < -0.3 is 19.7 Å². The molecule has 0 aliphatic carbocycles. The Labute approximate surface area is 207 Å². The van der Waals surface area contributed by atoms with Crippen LogP contribution in [0.3, 0.4) is 0 Å². The standard InChI is InChI=1S/C28H31N5S/c1-19-18-23(20(2)33(19)25-14-9-11-21-10-5-6-12-22(21)25)27-26(24-13-7-8-15-29-24)30-28(34)32(27)17-16-31(3)4/h5-15,18,26-27H,16-17H2,1-4H3,(H,30,34)/t26-,27-/m1/s1. The van der Waals surface area contributed by atoms with Crippen molar-refractivity contribution in [3.05, 3.63) is 95.6 Å². The molecule has 1 aliphatic rings. The highest BCUT2D eigenvalue weighted by Gasteiger charge is 2.41. The van der Waals surface area contributed by atoms with Crippen LogP contribution in [0.25, 0.3) is 16.5 Å². The zero-order chi connectivity index (χ0) is 23.8. The molecule has 1 fully saturated rings. The topological polar surface area (TPSA) is 36.3 Å². The van der Waals surface area contributed by atoms with Crippen molar-refractivity contribution in [2.45, 2.75) is 25.9 Å². The number of aryl methyl sites for hydroxylation is 1. The first-order chi connectivity index (χ1) is 16.5. The maximum absolute atomic E-state index is 5.85. The maximum Gasteiger partial charge on any atom is 0.170 e. The third-order valence-corrected chi connectivity index (χ3v) is 7.13. The molecule has 3 heterocycles. The van der Waals surface area contributed by atoms with Gasteiger partial charge in [0.15, 0.2) is 5.11 Å². The number of likely N-dealkylation sites (N-methyl/N-ethyl adjacent to an activating group) is 1. The van der Waals surface area contributed by atoms with Crippen LogP contribution in [0.5, 0.6) is 0 Å². The number of aromatic nitrogens is 2. The number of nitrogens with zero attached hydrogens (tertiary/aromatic N) is 4. The van der Waals surface area contributed by atoms with E-state index in [0.717, 1.165) is 23.9 Å². The molecule has 0 saturated carbocycles. The van der Waals surface area contributed by atoms with Crippen LogP contribution < -0.4 is 5.32 Å². The molecule has 0 bridgehead atoms. The van der Waals surface area contributed by atoms with Gasteiger partial charge in [-0.25, -0.2) is 0 Å². The number of hydrogen-bond donors (Lipinski definition) is 1. The van der Waals surface area contributed by atoms with Crippen molar-refractivity contribution in [3.8, 4) is 5.69 Å². The van der Waals surface area contributed by atoms with Gasteiger partial charge in [0, 0.05) is 36.1 Å². The van der Waals surface area contributed by atoms with Crippen molar-refractivity contribution in [2.24, 2.45) is 0 Å². The first-order valence-electron chi connectivity index (χ1n) is 11.8. The fraction of sp³-hybridized carbons (Fsp3) is 0.286. The van der Waals surface area contributed by atoms with Crippen molar-refractivity contribution in [1.82, 2.24) is 24.7 Å². The van der Waals surface area contributed by atoms with Gasteiger partial charge in [-0.3, -0.25) is 4.98 Å². The molecule has 0 radical (unpaired) electrons. The average molecular weight is 470 g/mol. The lowest BCUT2D eigenvalue weighted by Gasteiger charge is -2.29. The number of hydrogen-bond acceptors (Lipinski definition) is 3. The molecule has 2 aromatic heterocycles. The van der Waals surface area contributed by atoms with E-state index in [2.05, 4.69) is 102 Å². The Morgan fingerprint density at radius 3 is 2.53 bits per heavy atom. The van der Waals surface area contributed by atoms with Gasteiger partial charge in [-0.15, -0.1) is 0 Å². The lowest BCUT2D eigenvalue weighted by atomic mass is 9.96. The second kappa shape index (κ2) is 9.20. The molecular weight excluding hydrogens is 438 g/mol. The largest absolute Gasteiger partial charge is 0.352 e. The molecule has 5 rings (SSSR count). The van der Waals surface area contributed by atoms with Crippen LogP contribution in [0.1, 0.15) is 34.7 Å². The summed E-state index contributed by atoms with van der Waals surface area (Å²) in [4.78, 5) is 9.23. The molecule has 5 nitrogen and oxygen atoms in total. The van der Waals surface area contributed by atoms with Gasteiger partial charge in [0.05, 0.1) is 23.5 Å². The molecule has 1 aliphatic heterocycles. The summed E-state index contributed by atoms with van der Waals surface area (Å²) in [5.74, 6) is 0. The summed E-state index contributed by atoms with van der Waals surface area (Å²) < 4.78 is 2.39. The Bertz CT molecular complexity index is 1320. The van der Waals surface area contributed by atoms with E-state index >= 15 is 0 Å². The van der Waals surface area contributed by atoms with Gasteiger partial charge in [-0.2, -0.15) is 0 Å². The molecular formula is C28H31N5S. The molecule has 1 N–H and O–H groups in total. The van der Waals surface area contributed by atoms with Gasteiger partial charge in [0.1, 0.15) is 0 Å². The molecule has 2 aromatic carbocycles. The van der Waals surface area contributed by atoms with E-state index in [1.165, 1.54) is 33.4 Å². The molecule has 6 heteroatoms. The number of thiocarbonyl (C=S) groups is 1. The van der Waals surface area contributed by atoms with Crippen molar-refractivity contribution in [2.75, 3.05) is 27.2 Å². The van der Waals surface area contributed by atoms with Crippen LogP contribution in [-0.4, -0.2) is 51.6 Å². The highest BCUT2D eigenvalue weighted by molar-refractivity contribution is 7.80. The highest BCUT2D eigenvalue weighted by atomic mass is 32.1. The van der Waals surface area contributed by atoms with Crippen LogP contribution in [0.15, 0.2) is 72.9 Å². The number of nitrogens with one attached hydrogen (secondary N) is 1. The maximum atomic E-state index is 5.85. The Hall–Kier alpha value is -3.22. The van der Waals surface area contributed by atoms with Crippen molar-refractivity contribution < 1.29 is 0 Å². The minimum atomic E-state index is -0.00247. The van der Waals surface area contributed by atoms with E-state index in [4.69, 9.17) is 17.2 Å². The van der Waals surface area contributed by atoms with Gasteiger partial charge in [0.2, 0.25) is 0 Å². The third-order valence-electron chi connectivity index (χ3n) is 6.78. The highest BCUT2D eigenvalue weighted by Crippen LogP contribution is 2.41. The Morgan fingerprint density at radius 1 is 1.00 bits per heavy atom. The van der Waals surface area contributed by atoms with Crippen LogP contribution in [0.4, 0.5) is 0 Å². The van der Waals surface area contributed by atoms with E-state index < -0.39 is 0 Å². The summed E-state index contributed by atoms with van der Waals surface area (Å²) in [6.45, 7) is 6.20. The predicted octanol–water partition coefficient (Wildman–Crippen LogP) is 5.18. The Balaban J connectivity index is 1.64. The Kier molecular flexibility index (Phi) is 6.11. The second-order valence-electron chi connectivity index (χ2n) is 9.28. The van der Waals surface area contributed by atoms with E-state index in [9.17, 15) is 0 Å². The van der Waals surface area contributed by atoms with E-state index in [1.807, 2.05) is 18.3 Å². The SMILES string of the molecule is Cc1cc([C@@H]2[C@@H](c3ccccn3)NC(=S)N2CCN(C)C)c(C)n1-c1cccc2ccccc12. The smallest absolute Gasteiger partial charge is 0.170 e. The minimum absolute atomic E-state index is 0.00247. The summed E-state index contributed by atoms with van der Waals surface area (Å²) in [5, 5.41) is 6.88. The molecule has 1 saturated heterocycles. The van der Waals surface area contributed by atoms with E-state index in [-0.39, 0.29) is 12.1 Å². The van der Waals surface area contributed by atoms with Gasteiger partial charge in [0.25, 0.3) is 0 Å². The van der Waals surface area contributed by atoms with Gasteiger partial charge >= 0.3 is 0 Å².